The molecule has 0 radical (unpaired) electrons. The number of carbonyl (C=O) groups is 2. The number of nitrogens with one attached hydrogen (secondary N) is 2. The molecule has 0 saturated carbocycles. The molecule has 1 aliphatic rings. The zero-order valence-electron chi connectivity index (χ0n) is 22.1. The van der Waals surface area contributed by atoms with Crippen molar-refractivity contribution in [1.29, 1.82) is 0 Å². The van der Waals surface area contributed by atoms with E-state index in [1.807, 2.05) is 24.3 Å². The van der Waals surface area contributed by atoms with E-state index in [9.17, 15) is 18.0 Å². The maximum atomic E-state index is 11.9. The van der Waals surface area contributed by atoms with Gasteiger partial charge in [-0.3, -0.25) is 14.1 Å². The summed E-state index contributed by atoms with van der Waals surface area (Å²) in [5, 5.41) is 5.78. The molecule has 1 aliphatic heterocycles. The van der Waals surface area contributed by atoms with Gasteiger partial charge in [-0.05, 0) is 49.5 Å². The van der Waals surface area contributed by atoms with Crippen molar-refractivity contribution in [1.82, 2.24) is 14.9 Å². The highest BCUT2D eigenvalue weighted by molar-refractivity contribution is 7.85. The Morgan fingerprint density at radius 2 is 1.75 bits per heavy atom. The number of nitrogens with zero attached hydrogens (tertiary/aromatic N) is 4. The van der Waals surface area contributed by atoms with Crippen LogP contribution in [-0.2, 0) is 14.9 Å². The van der Waals surface area contributed by atoms with Crippen LogP contribution in [0.15, 0.2) is 67.4 Å². The maximum absolute atomic E-state index is 11.9. The first-order chi connectivity index (χ1) is 18.9. The van der Waals surface area contributed by atoms with Crippen molar-refractivity contribution in [3.8, 4) is 11.6 Å². The normalized spacial score (nSPS) is 13.4. The summed E-state index contributed by atoms with van der Waals surface area (Å²) in [5.41, 5.74) is 7.89. The number of carbonyl (C=O) groups excluding carboxylic acids is 2. The molecule has 4 rings (SSSR count). The highest BCUT2D eigenvalue weighted by atomic mass is 32.2. The van der Waals surface area contributed by atoms with Crippen LogP contribution in [0.3, 0.4) is 0 Å². The van der Waals surface area contributed by atoms with Crippen LogP contribution in [0.5, 0.6) is 11.6 Å². The Labute approximate surface area is 232 Å². The predicted molar refractivity (Wildman–Crippen MR) is 153 cm³/mol. The highest BCUT2D eigenvalue weighted by Crippen LogP contribution is 2.27. The van der Waals surface area contributed by atoms with Gasteiger partial charge in [0, 0.05) is 49.3 Å². The molecule has 0 bridgehead atoms. The molecule has 0 unspecified atom stereocenters. The number of hydrogen-bond donors (Lipinski definition) is 4. The number of rotatable bonds is 8. The fourth-order valence-electron chi connectivity index (χ4n) is 3.60. The van der Waals surface area contributed by atoms with Gasteiger partial charge in [0.25, 0.3) is 16.0 Å². The molecule has 13 nitrogen and oxygen atoms in total. The summed E-state index contributed by atoms with van der Waals surface area (Å²) in [6.45, 7) is 7.42. The lowest BCUT2D eigenvalue weighted by Gasteiger charge is -2.34. The zero-order chi connectivity index (χ0) is 29.3. The quantitative estimate of drug-likeness (QED) is 0.231. The maximum Gasteiger partial charge on any atom is 0.271 e. The lowest BCUT2D eigenvalue weighted by molar-refractivity contribution is -0.111. The fraction of sp³-hybridized carbons (Fsp3) is 0.231. The Hall–Kier alpha value is -4.53. The molecule has 0 spiro atoms. The average molecular weight is 570 g/mol. The van der Waals surface area contributed by atoms with Crippen LogP contribution in [0, 0.1) is 0 Å². The molecular formula is C26H31N7O6S. The van der Waals surface area contributed by atoms with E-state index in [2.05, 4.69) is 44.0 Å². The third kappa shape index (κ3) is 9.65. The number of likely N-dealkylation sites (N-methyl/N-ethyl adjacent to an activating group) is 1. The Kier molecular flexibility index (Phi) is 10.1. The van der Waals surface area contributed by atoms with E-state index in [-0.39, 0.29) is 23.3 Å². The fourth-order valence-corrected chi connectivity index (χ4v) is 3.60. The predicted octanol–water partition coefficient (Wildman–Crippen LogP) is 2.49. The number of ether oxygens (including phenoxy) is 1. The van der Waals surface area contributed by atoms with Gasteiger partial charge in [0.05, 0.1) is 12.5 Å². The molecule has 5 N–H and O–H groups in total. The minimum atomic E-state index is -3.67. The summed E-state index contributed by atoms with van der Waals surface area (Å²) in [5.74, 6) is -0.291. The lowest BCUT2D eigenvalue weighted by Crippen LogP contribution is -2.44. The molecule has 0 aliphatic carbocycles. The molecule has 40 heavy (non-hydrogen) atoms. The third-order valence-electron chi connectivity index (χ3n) is 5.49. The van der Waals surface area contributed by atoms with Crippen LogP contribution in [0.4, 0.5) is 22.9 Å². The van der Waals surface area contributed by atoms with Gasteiger partial charge in [0.15, 0.2) is 11.5 Å². The second-order valence-corrected chi connectivity index (χ2v) is 10.3. The highest BCUT2D eigenvalue weighted by Gasteiger charge is 2.16. The molecule has 14 heteroatoms. The number of primary amides is 1. The van der Waals surface area contributed by atoms with Crippen molar-refractivity contribution < 1.29 is 27.3 Å². The molecule has 1 saturated heterocycles. The SMILES string of the molecule is C=CC(=O)Nc1cccc(Oc2cnc(C(N)=O)c(Nc3ccc(N4CCN(C)CC4)cc3)n2)c1.CS(=O)(=O)O. The van der Waals surface area contributed by atoms with Gasteiger partial charge >= 0.3 is 0 Å². The van der Waals surface area contributed by atoms with E-state index in [1.165, 1.54) is 12.3 Å². The second kappa shape index (κ2) is 13.5. The summed E-state index contributed by atoms with van der Waals surface area (Å²) < 4.78 is 31.7. The number of hydrogen-bond acceptors (Lipinski definition) is 10. The lowest BCUT2D eigenvalue weighted by atomic mass is 10.2. The summed E-state index contributed by atoms with van der Waals surface area (Å²) >= 11 is 0. The van der Waals surface area contributed by atoms with Gasteiger partial charge < -0.3 is 30.9 Å². The number of piperazine rings is 1. The Morgan fingerprint density at radius 3 is 2.35 bits per heavy atom. The van der Waals surface area contributed by atoms with Crippen molar-refractivity contribution in [2.24, 2.45) is 5.73 Å². The number of anilines is 4. The van der Waals surface area contributed by atoms with Crippen molar-refractivity contribution in [3.63, 3.8) is 0 Å². The monoisotopic (exact) mass is 569 g/mol. The molecular weight excluding hydrogens is 538 g/mol. The van der Waals surface area contributed by atoms with Crippen LogP contribution in [0.2, 0.25) is 0 Å². The Bertz CT molecular complexity index is 1450. The Balaban J connectivity index is 0.000000810. The number of amides is 2. The molecule has 2 aromatic carbocycles. The van der Waals surface area contributed by atoms with Gasteiger partial charge in [-0.15, -0.1) is 0 Å². The van der Waals surface area contributed by atoms with Crippen molar-refractivity contribution >= 4 is 44.8 Å². The number of aromatic nitrogens is 2. The number of benzene rings is 2. The van der Waals surface area contributed by atoms with E-state index in [0.29, 0.717) is 17.7 Å². The van der Waals surface area contributed by atoms with Crippen LogP contribution in [0.25, 0.3) is 0 Å². The standard InChI is InChI=1S/C25H27N7O3.CH4O3S/c1-3-21(33)28-18-5-4-6-20(15-18)35-22-16-27-23(24(26)34)25(30-22)29-17-7-9-19(10-8-17)32-13-11-31(2)12-14-32;1-5(2,3)4/h3-10,15-16H,1,11-14H2,2H3,(H2,26,34)(H,28,33)(H,29,30);1H3,(H,2,3,4). The zero-order valence-corrected chi connectivity index (χ0v) is 22.9. The molecule has 1 fully saturated rings. The van der Waals surface area contributed by atoms with E-state index in [1.54, 1.807) is 24.3 Å². The van der Waals surface area contributed by atoms with E-state index < -0.39 is 16.0 Å². The van der Waals surface area contributed by atoms with Crippen molar-refractivity contribution in [3.05, 3.63) is 73.1 Å². The Morgan fingerprint density at radius 1 is 1.10 bits per heavy atom. The number of nitrogens with two attached hydrogens (primary N) is 1. The summed E-state index contributed by atoms with van der Waals surface area (Å²) in [6, 6.07) is 14.7. The van der Waals surface area contributed by atoms with Gasteiger partial charge in [-0.2, -0.15) is 13.4 Å². The third-order valence-corrected chi connectivity index (χ3v) is 5.49. The summed E-state index contributed by atoms with van der Waals surface area (Å²) in [4.78, 5) is 36.6. The van der Waals surface area contributed by atoms with Crippen LogP contribution < -0.4 is 26.0 Å². The molecule has 2 heterocycles. The van der Waals surface area contributed by atoms with Crippen molar-refractivity contribution in [2.45, 2.75) is 0 Å². The minimum Gasteiger partial charge on any atom is -0.437 e. The largest absolute Gasteiger partial charge is 0.437 e. The topological polar surface area (TPSA) is 180 Å². The van der Waals surface area contributed by atoms with Crippen LogP contribution >= 0.6 is 0 Å². The first-order valence-electron chi connectivity index (χ1n) is 12.0. The average Bonchev–Trinajstić information content (AvgIpc) is 2.89. The first-order valence-corrected chi connectivity index (χ1v) is 13.9. The first kappa shape index (κ1) is 30.0. The van der Waals surface area contributed by atoms with Gasteiger partial charge in [0.2, 0.25) is 11.8 Å². The van der Waals surface area contributed by atoms with E-state index in [4.69, 9.17) is 15.0 Å². The van der Waals surface area contributed by atoms with Crippen LogP contribution in [-0.4, -0.2) is 79.1 Å². The van der Waals surface area contributed by atoms with Crippen molar-refractivity contribution in [2.75, 3.05) is 55.0 Å². The van der Waals surface area contributed by atoms with E-state index in [0.717, 1.165) is 37.6 Å². The van der Waals surface area contributed by atoms with E-state index >= 15 is 0 Å². The van der Waals surface area contributed by atoms with Crippen LogP contribution in [0.1, 0.15) is 10.5 Å². The van der Waals surface area contributed by atoms with Gasteiger partial charge in [-0.1, -0.05) is 12.6 Å². The molecule has 2 amide bonds. The molecule has 0 atom stereocenters. The van der Waals surface area contributed by atoms with Gasteiger partial charge in [0.1, 0.15) is 5.75 Å². The summed E-state index contributed by atoms with van der Waals surface area (Å²) in [6.07, 6.45) is 3.21. The molecule has 3 aromatic rings. The smallest absolute Gasteiger partial charge is 0.271 e. The molecule has 212 valence electrons. The van der Waals surface area contributed by atoms with Gasteiger partial charge in [-0.25, -0.2) is 4.98 Å². The second-order valence-electron chi connectivity index (χ2n) is 8.79. The molecule has 1 aromatic heterocycles. The minimum absolute atomic E-state index is 0.00695. The summed E-state index contributed by atoms with van der Waals surface area (Å²) in [7, 11) is -1.54.